The Balaban J connectivity index is 1.36. The third-order valence-corrected chi connectivity index (χ3v) is 7.22. The predicted molar refractivity (Wildman–Crippen MR) is 98.2 cm³/mol. The number of ether oxygens (including phenoxy) is 1. The summed E-state index contributed by atoms with van der Waals surface area (Å²) in [6, 6.07) is 7.90. The van der Waals surface area contributed by atoms with Crippen molar-refractivity contribution in [1.82, 2.24) is 5.32 Å². The number of rotatable bonds is 5. The average molecular weight is 392 g/mol. The summed E-state index contributed by atoms with van der Waals surface area (Å²) in [6.07, 6.45) is 8.42. The van der Waals surface area contributed by atoms with Crippen LogP contribution in [0.4, 0.5) is 0 Å². The lowest BCUT2D eigenvalue weighted by atomic mass is 9.48. The average Bonchev–Trinajstić information content (AvgIpc) is 2.50. The maximum Gasteiger partial charge on any atom is 0.220 e. The van der Waals surface area contributed by atoms with Crippen LogP contribution >= 0.6 is 15.9 Å². The van der Waals surface area contributed by atoms with Crippen molar-refractivity contribution in [2.45, 2.75) is 55.8 Å². The van der Waals surface area contributed by atoms with Crippen molar-refractivity contribution in [3.8, 4) is 5.75 Å². The van der Waals surface area contributed by atoms with Gasteiger partial charge in [-0.05, 0) is 73.5 Å². The van der Waals surface area contributed by atoms with Crippen LogP contribution < -0.4 is 10.1 Å². The molecule has 0 radical (unpaired) electrons. The molecule has 4 bridgehead atoms. The summed E-state index contributed by atoms with van der Waals surface area (Å²) in [4.78, 5) is 12.6. The minimum atomic E-state index is 0.212. The van der Waals surface area contributed by atoms with Gasteiger partial charge in [0.2, 0.25) is 5.91 Å². The van der Waals surface area contributed by atoms with Crippen LogP contribution in [0.15, 0.2) is 24.3 Å². The molecule has 1 amide bonds. The maximum atomic E-state index is 12.6. The van der Waals surface area contributed by atoms with Crippen molar-refractivity contribution in [2.24, 2.45) is 17.3 Å². The quantitative estimate of drug-likeness (QED) is 0.753. The zero-order valence-electron chi connectivity index (χ0n) is 14.3. The van der Waals surface area contributed by atoms with Crippen LogP contribution in [-0.2, 0) is 11.3 Å². The zero-order chi connectivity index (χ0) is 16.8. The largest absolute Gasteiger partial charge is 0.497 e. The normalized spacial score (nSPS) is 36.6. The Labute approximate surface area is 152 Å². The SMILES string of the molecule is COc1ccc(CNC(=O)CC23C[C@@H]4C[C@@H](CC(Br)(C4)C2)C3)cc1. The molecule has 5 rings (SSSR count). The van der Waals surface area contributed by atoms with Crippen molar-refractivity contribution in [2.75, 3.05) is 7.11 Å². The van der Waals surface area contributed by atoms with E-state index in [-0.39, 0.29) is 11.3 Å². The number of halogens is 1. The Kier molecular flexibility index (Phi) is 4.14. The molecule has 4 aliphatic carbocycles. The molecule has 0 heterocycles. The van der Waals surface area contributed by atoms with Crippen molar-refractivity contribution in [3.05, 3.63) is 29.8 Å². The van der Waals surface area contributed by atoms with E-state index in [0.717, 1.165) is 23.1 Å². The van der Waals surface area contributed by atoms with Crippen LogP contribution in [0.1, 0.15) is 50.5 Å². The second-order valence-electron chi connectivity index (χ2n) is 8.41. The van der Waals surface area contributed by atoms with Crippen LogP contribution in [0.25, 0.3) is 0 Å². The van der Waals surface area contributed by atoms with E-state index in [4.69, 9.17) is 4.74 Å². The molecule has 0 aliphatic heterocycles. The number of nitrogens with one attached hydrogen (secondary N) is 1. The molecule has 2 unspecified atom stereocenters. The second-order valence-corrected chi connectivity index (χ2v) is 10.1. The highest BCUT2D eigenvalue weighted by atomic mass is 79.9. The van der Waals surface area contributed by atoms with Gasteiger partial charge in [0, 0.05) is 17.3 Å². The molecule has 0 saturated heterocycles. The number of amides is 1. The van der Waals surface area contributed by atoms with Gasteiger partial charge in [-0.1, -0.05) is 28.1 Å². The van der Waals surface area contributed by atoms with Gasteiger partial charge in [-0.2, -0.15) is 0 Å². The van der Waals surface area contributed by atoms with Gasteiger partial charge in [-0.15, -0.1) is 0 Å². The first-order valence-electron chi connectivity index (χ1n) is 9.06. The van der Waals surface area contributed by atoms with Crippen molar-refractivity contribution >= 4 is 21.8 Å². The van der Waals surface area contributed by atoms with Crippen LogP contribution in [0.5, 0.6) is 5.75 Å². The summed E-state index contributed by atoms with van der Waals surface area (Å²) in [6.45, 7) is 0.602. The molecule has 24 heavy (non-hydrogen) atoms. The van der Waals surface area contributed by atoms with E-state index in [1.807, 2.05) is 24.3 Å². The number of carbonyl (C=O) groups is 1. The van der Waals surface area contributed by atoms with Crippen molar-refractivity contribution in [3.63, 3.8) is 0 Å². The zero-order valence-corrected chi connectivity index (χ0v) is 15.9. The van der Waals surface area contributed by atoms with Crippen LogP contribution in [0, 0.1) is 17.3 Å². The summed E-state index contributed by atoms with van der Waals surface area (Å²) < 4.78 is 5.50. The summed E-state index contributed by atoms with van der Waals surface area (Å²) in [7, 11) is 1.67. The third-order valence-electron chi connectivity index (χ3n) is 6.30. The van der Waals surface area contributed by atoms with E-state index in [1.54, 1.807) is 7.11 Å². The van der Waals surface area contributed by atoms with Gasteiger partial charge in [-0.25, -0.2) is 0 Å². The molecule has 130 valence electrons. The standard InChI is InChI=1S/C20H26BrNO2/c1-24-17-4-2-14(3-5-17)12-22-18(23)11-19-7-15-6-16(8-19)10-20(21,9-15)13-19/h2-5,15-16H,6-13H2,1H3,(H,22,23)/t15-,16+,19?,20?. The highest BCUT2D eigenvalue weighted by molar-refractivity contribution is 9.10. The number of hydrogen-bond donors (Lipinski definition) is 1. The molecule has 4 fully saturated rings. The monoisotopic (exact) mass is 391 g/mol. The predicted octanol–water partition coefficient (Wildman–Crippen LogP) is 4.44. The van der Waals surface area contributed by atoms with Crippen molar-refractivity contribution in [1.29, 1.82) is 0 Å². The van der Waals surface area contributed by atoms with Crippen LogP contribution in [-0.4, -0.2) is 17.3 Å². The summed E-state index contributed by atoms with van der Waals surface area (Å²) in [5.74, 6) is 2.73. The molecule has 1 N–H and O–H groups in total. The van der Waals surface area contributed by atoms with Gasteiger partial charge >= 0.3 is 0 Å². The topological polar surface area (TPSA) is 38.3 Å². The number of methoxy groups -OCH3 is 1. The molecule has 4 saturated carbocycles. The highest BCUT2D eigenvalue weighted by Gasteiger charge is 2.57. The Bertz CT molecular complexity index is 613. The molecule has 1 aromatic rings. The molecule has 4 heteroatoms. The summed E-state index contributed by atoms with van der Waals surface area (Å²) >= 11 is 4.03. The van der Waals surface area contributed by atoms with E-state index in [0.29, 0.717) is 17.3 Å². The van der Waals surface area contributed by atoms with Gasteiger partial charge < -0.3 is 10.1 Å². The molecule has 0 aromatic heterocycles. The second kappa shape index (κ2) is 6.05. The number of alkyl halides is 1. The van der Waals surface area contributed by atoms with Crippen LogP contribution in [0.2, 0.25) is 0 Å². The first-order valence-corrected chi connectivity index (χ1v) is 9.85. The summed E-state index contributed by atoms with van der Waals surface area (Å²) in [5, 5.41) is 3.13. The van der Waals surface area contributed by atoms with E-state index in [2.05, 4.69) is 21.2 Å². The van der Waals surface area contributed by atoms with Gasteiger partial charge in [0.05, 0.1) is 7.11 Å². The van der Waals surface area contributed by atoms with Gasteiger partial charge in [-0.3, -0.25) is 4.79 Å². The fraction of sp³-hybridized carbons (Fsp3) is 0.650. The highest BCUT2D eigenvalue weighted by Crippen LogP contribution is 2.65. The fourth-order valence-electron chi connectivity index (χ4n) is 5.89. The molecule has 3 nitrogen and oxygen atoms in total. The number of hydrogen-bond acceptors (Lipinski definition) is 2. The fourth-order valence-corrected chi connectivity index (χ4v) is 7.40. The first kappa shape index (κ1) is 16.4. The van der Waals surface area contributed by atoms with Crippen LogP contribution in [0.3, 0.4) is 0 Å². The Morgan fingerprint density at radius 1 is 1.21 bits per heavy atom. The molecule has 4 atom stereocenters. The number of carbonyl (C=O) groups excluding carboxylic acids is 1. The van der Waals surface area contributed by atoms with Gasteiger partial charge in [0.25, 0.3) is 0 Å². The maximum absolute atomic E-state index is 12.6. The van der Waals surface area contributed by atoms with E-state index < -0.39 is 0 Å². The molecular weight excluding hydrogens is 366 g/mol. The van der Waals surface area contributed by atoms with Gasteiger partial charge in [0.1, 0.15) is 5.75 Å². The number of benzene rings is 1. The summed E-state index contributed by atoms with van der Waals surface area (Å²) in [5.41, 5.74) is 1.36. The third kappa shape index (κ3) is 3.22. The minimum absolute atomic E-state index is 0.212. The Hall–Kier alpha value is -1.03. The molecule has 4 aliphatic rings. The molecular formula is C20H26BrNO2. The van der Waals surface area contributed by atoms with Crippen molar-refractivity contribution < 1.29 is 9.53 Å². The van der Waals surface area contributed by atoms with E-state index in [9.17, 15) is 4.79 Å². The lowest BCUT2D eigenvalue weighted by Crippen LogP contribution is -2.54. The van der Waals surface area contributed by atoms with Gasteiger partial charge in [0.15, 0.2) is 0 Å². The van der Waals surface area contributed by atoms with E-state index in [1.165, 1.54) is 38.5 Å². The minimum Gasteiger partial charge on any atom is -0.497 e. The lowest BCUT2D eigenvalue weighted by molar-refractivity contribution is -0.128. The Morgan fingerprint density at radius 2 is 1.88 bits per heavy atom. The first-order chi connectivity index (χ1) is 11.5. The molecule has 1 aromatic carbocycles. The smallest absolute Gasteiger partial charge is 0.220 e. The lowest BCUT2D eigenvalue weighted by Gasteiger charge is -2.60. The van der Waals surface area contributed by atoms with E-state index >= 15 is 0 Å². The molecule has 0 spiro atoms. The Morgan fingerprint density at radius 3 is 2.46 bits per heavy atom.